The lowest BCUT2D eigenvalue weighted by Gasteiger charge is -2.35. The number of carbonyl (C=O) groups is 2. The molecule has 1 aliphatic carbocycles. The fourth-order valence-electron chi connectivity index (χ4n) is 3.12. The molecule has 150 valence electrons. The van der Waals surface area contributed by atoms with E-state index in [1.165, 1.54) is 0 Å². The Morgan fingerprint density at radius 1 is 1.19 bits per heavy atom. The Balaban J connectivity index is 1.96. The Hall–Kier alpha value is -1.89. The number of ether oxygens (including phenoxy) is 2. The maximum absolute atomic E-state index is 12.2. The third kappa shape index (κ3) is 6.06. The second-order valence-electron chi connectivity index (χ2n) is 7.81. The molecule has 0 aliphatic heterocycles. The summed E-state index contributed by atoms with van der Waals surface area (Å²) >= 11 is 1.55. The van der Waals surface area contributed by atoms with Crippen LogP contribution in [0.2, 0.25) is 0 Å². The lowest BCUT2D eigenvalue weighted by atomic mass is 9.92. The zero-order valence-corrected chi connectivity index (χ0v) is 17.5. The first kappa shape index (κ1) is 21.4. The fraction of sp³-hybridized carbons (Fsp3) is 0.600. The van der Waals surface area contributed by atoms with Crippen molar-refractivity contribution in [2.45, 2.75) is 69.1 Å². The topological polar surface area (TPSA) is 76.1 Å². The lowest BCUT2D eigenvalue weighted by Crippen LogP contribution is -2.43. The van der Waals surface area contributed by atoms with Crippen LogP contribution in [-0.2, 0) is 4.74 Å². The molecule has 0 heterocycles. The number of rotatable bonds is 5. The van der Waals surface area contributed by atoms with Gasteiger partial charge in [0, 0.05) is 18.0 Å². The molecule has 6 nitrogen and oxygen atoms in total. The molecule has 2 rings (SSSR count). The highest BCUT2D eigenvalue weighted by Gasteiger charge is 2.30. The van der Waals surface area contributed by atoms with Crippen molar-refractivity contribution in [2.24, 2.45) is 0 Å². The van der Waals surface area contributed by atoms with Crippen molar-refractivity contribution in [3.8, 4) is 5.75 Å². The number of carbonyl (C=O) groups excluding carboxylic acids is 1. The summed E-state index contributed by atoms with van der Waals surface area (Å²) < 4.78 is 11.5. The number of hydrogen-bond donors (Lipinski definition) is 1. The van der Waals surface area contributed by atoms with Crippen molar-refractivity contribution < 1.29 is 24.2 Å². The molecular weight excluding hydrogens is 366 g/mol. The summed E-state index contributed by atoms with van der Waals surface area (Å²) in [7, 11) is 1.77. The molecule has 1 saturated carbocycles. The van der Waals surface area contributed by atoms with E-state index in [-0.39, 0.29) is 23.8 Å². The second kappa shape index (κ2) is 8.87. The molecule has 0 spiro atoms. The van der Waals surface area contributed by atoms with Gasteiger partial charge in [-0.3, -0.25) is 0 Å². The van der Waals surface area contributed by atoms with Gasteiger partial charge in [-0.2, -0.15) is 0 Å². The third-order valence-electron chi connectivity index (χ3n) is 4.59. The van der Waals surface area contributed by atoms with Crippen molar-refractivity contribution >= 4 is 23.8 Å². The Kier molecular flexibility index (Phi) is 7.03. The van der Waals surface area contributed by atoms with Crippen LogP contribution in [0, 0.1) is 0 Å². The van der Waals surface area contributed by atoms with Gasteiger partial charge >= 0.3 is 12.1 Å². The van der Waals surface area contributed by atoms with Gasteiger partial charge in [0.25, 0.3) is 0 Å². The second-order valence-corrected chi connectivity index (χ2v) is 8.69. The Morgan fingerprint density at radius 3 is 2.33 bits per heavy atom. The standard InChI is InChI=1S/C20H29NO5S/c1-20(2,3)26-19(24)21(4)13-6-8-14(9-7-13)25-17-12-15(27-5)10-11-16(17)18(22)23/h10-14H,6-9H2,1-5H3,(H,22,23)/t13-,14+. The molecule has 0 radical (unpaired) electrons. The Morgan fingerprint density at radius 2 is 1.81 bits per heavy atom. The highest BCUT2D eigenvalue weighted by molar-refractivity contribution is 7.98. The number of aromatic carboxylic acids is 1. The first-order chi connectivity index (χ1) is 12.6. The average molecular weight is 396 g/mol. The summed E-state index contributed by atoms with van der Waals surface area (Å²) in [5, 5.41) is 9.38. The molecule has 1 N–H and O–H groups in total. The molecule has 1 aromatic carbocycles. The zero-order valence-electron chi connectivity index (χ0n) is 16.7. The first-order valence-corrected chi connectivity index (χ1v) is 10.4. The summed E-state index contributed by atoms with van der Waals surface area (Å²) in [5.41, 5.74) is -0.331. The predicted molar refractivity (Wildman–Crippen MR) is 106 cm³/mol. The quantitative estimate of drug-likeness (QED) is 0.731. The van der Waals surface area contributed by atoms with Crippen LogP contribution in [0.5, 0.6) is 5.75 Å². The van der Waals surface area contributed by atoms with Crippen LogP contribution in [0.25, 0.3) is 0 Å². The van der Waals surface area contributed by atoms with Gasteiger partial charge in [0.1, 0.15) is 16.9 Å². The Labute approximate surface area is 165 Å². The van der Waals surface area contributed by atoms with E-state index >= 15 is 0 Å². The van der Waals surface area contributed by atoms with Gasteiger partial charge in [-0.1, -0.05) is 0 Å². The summed E-state index contributed by atoms with van der Waals surface area (Å²) in [6.45, 7) is 5.56. The van der Waals surface area contributed by atoms with Crippen molar-refractivity contribution in [1.29, 1.82) is 0 Å². The molecule has 1 aliphatic rings. The number of carboxylic acids is 1. The number of amides is 1. The summed E-state index contributed by atoms with van der Waals surface area (Å²) in [6, 6.07) is 5.27. The zero-order chi connectivity index (χ0) is 20.2. The average Bonchev–Trinajstić information content (AvgIpc) is 2.60. The molecular formula is C20H29NO5S. The molecule has 27 heavy (non-hydrogen) atoms. The Bertz CT molecular complexity index is 677. The van der Waals surface area contributed by atoms with Gasteiger partial charge < -0.3 is 19.5 Å². The van der Waals surface area contributed by atoms with Crippen LogP contribution < -0.4 is 4.74 Å². The molecule has 1 amide bonds. The summed E-state index contributed by atoms with van der Waals surface area (Å²) in [5.74, 6) is -0.575. The summed E-state index contributed by atoms with van der Waals surface area (Å²) in [6.07, 6.45) is 4.70. The van der Waals surface area contributed by atoms with Crippen LogP contribution in [0.3, 0.4) is 0 Å². The van der Waals surface area contributed by atoms with E-state index in [9.17, 15) is 14.7 Å². The minimum absolute atomic E-state index is 0.0523. The van der Waals surface area contributed by atoms with Crippen molar-refractivity contribution in [1.82, 2.24) is 4.90 Å². The van der Waals surface area contributed by atoms with Crippen LogP contribution in [0.15, 0.2) is 23.1 Å². The van der Waals surface area contributed by atoms with Crippen LogP contribution in [0.4, 0.5) is 4.79 Å². The van der Waals surface area contributed by atoms with Gasteiger partial charge in [-0.25, -0.2) is 9.59 Å². The smallest absolute Gasteiger partial charge is 0.410 e. The van der Waals surface area contributed by atoms with E-state index in [4.69, 9.17) is 9.47 Å². The number of carboxylic acid groups (broad SMARTS) is 1. The van der Waals surface area contributed by atoms with Crippen molar-refractivity contribution in [3.63, 3.8) is 0 Å². The predicted octanol–water partition coefficient (Wildman–Crippen LogP) is 4.66. The van der Waals surface area contributed by atoms with Crippen molar-refractivity contribution in [3.05, 3.63) is 23.8 Å². The highest BCUT2D eigenvalue weighted by atomic mass is 32.2. The number of hydrogen-bond acceptors (Lipinski definition) is 5. The fourth-order valence-corrected chi connectivity index (χ4v) is 3.55. The maximum Gasteiger partial charge on any atom is 0.410 e. The first-order valence-electron chi connectivity index (χ1n) is 9.14. The van der Waals surface area contributed by atoms with E-state index in [2.05, 4.69) is 0 Å². The molecule has 0 saturated heterocycles. The minimum atomic E-state index is -0.990. The van der Waals surface area contributed by atoms with Crippen molar-refractivity contribution in [2.75, 3.05) is 13.3 Å². The monoisotopic (exact) mass is 395 g/mol. The molecule has 1 aromatic rings. The van der Waals surface area contributed by atoms with E-state index in [1.54, 1.807) is 41.9 Å². The summed E-state index contributed by atoms with van der Waals surface area (Å²) in [4.78, 5) is 26.3. The van der Waals surface area contributed by atoms with E-state index in [0.29, 0.717) is 5.75 Å². The number of thioether (sulfide) groups is 1. The lowest BCUT2D eigenvalue weighted by molar-refractivity contribution is 0.0137. The van der Waals surface area contributed by atoms with Crippen LogP contribution >= 0.6 is 11.8 Å². The van der Waals surface area contributed by atoms with Gasteiger partial charge in [0.15, 0.2) is 0 Å². The number of benzene rings is 1. The molecule has 7 heteroatoms. The van der Waals surface area contributed by atoms with E-state index in [0.717, 1.165) is 30.6 Å². The van der Waals surface area contributed by atoms with E-state index in [1.807, 2.05) is 27.0 Å². The molecule has 0 atom stereocenters. The highest BCUT2D eigenvalue weighted by Crippen LogP contribution is 2.31. The van der Waals surface area contributed by atoms with E-state index < -0.39 is 11.6 Å². The SMILES string of the molecule is CSc1ccc(C(=O)O)c(O[C@H]2CC[C@@H](N(C)C(=O)OC(C)(C)C)CC2)c1. The van der Waals surface area contributed by atoms with Gasteiger partial charge in [-0.15, -0.1) is 11.8 Å². The van der Waals surface area contributed by atoms with Crippen LogP contribution in [-0.4, -0.2) is 53.1 Å². The molecule has 0 aromatic heterocycles. The van der Waals surface area contributed by atoms with Crippen LogP contribution in [0.1, 0.15) is 56.8 Å². The molecule has 0 unspecified atom stereocenters. The number of nitrogens with zero attached hydrogens (tertiary/aromatic N) is 1. The maximum atomic E-state index is 12.2. The van der Waals surface area contributed by atoms with Gasteiger partial charge in [0.05, 0.1) is 6.10 Å². The molecule has 0 bridgehead atoms. The van der Waals surface area contributed by atoms with Gasteiger partial charge in [-0.05, 0) is 70.9 Å². The minimum Gasteiger partial charge on any atom is -0.489 e. The van der Waals surface area contributed by atoms with Gasteiger partial charge in [0.2, 0.25) is 0 Å². The normalized spacial score (nSPS) is 20.0. The third-order valence-corrected chi connectivity index (χ3v) is 5.31. The molecule has 1 fully saturated rings. The largest absolute Gasteiger partial charge is 0.489 e.